The summed E-state index contributed by atoms with van der Waals surface area (Å²) < 4.78 is 11.1. The smallest absolute Gasteiger partial charge is 0.323 e. The first kappa shape index (κ1) is 14.8. The molecule has 2 heterocycles. The van der Waals surface area contributed by atoms with Crippen molar-refractivity contribution in [1.82, 2.24) is 15.0 Å². The fraction of sp³-hybridized carbons (Fsp3) is 0.769. The molecule has 1 aliphatic rings. The zero-order chi connectivity index (χ0) is 14.5. The van der Waals surface area contributed by atoms with Crippen molar-refractivity contribution in [3.05, 3.63) is 0 Å². The topological polar surface area (TPSA) is 81.2 Å². The van der Waals surface area contributed by atoms with Gasteiger partial charge in [0.25, 0.3) is 0 Å². The number of aromatic nitrogens is 3. The van der Waals surface area contributed by atoms with E-state index < -0.39 is 0 Å². The lowest BCUT2D eigenvalue weighted by Gasteiger charge is -2.17. The van der Waals surface area contributed by atoms with Crippen LogP contribution in [0.4, 0.5) is 11.9 Å². The second-order valence-corrected chi connectivity index (χ2v) is 5.08. The van der Waals surface area contributed by atoms with Crippen LogP contribution in [0.5, 0.6) is 6.01 Å². The molecule has 1 fully saturated rings. The molecular weight excluding hydrogens is 258 g/mol. The minimum absolute atomic E-state index is 0.0217. The molecule has 1 aliphatic heterocycles. The van der Waals surface area contributed by atoms with Crippen molar-refractivity contribution in [2.24, 2.45) is 0 Å². The quantitative estimate of drug-likeness (QED) is 0.821. The monoisotopic (exact) mass is 281 g/mol. The fourth-order valence-electron chi connectivity index (χ4n) is 2.01. The van der Waals surface area contributed by atoms with Crippen LogP contribution in [0.2, 0.25) is 0 Å². The molecule has 0 bridgehead atoms. The van der Waals surface area contributed by atoms with E-state index in [0.29, 0.717) is 17.9 Å². The van der Waals surface area contributed by atoms with E-state index >= 15 is 0 Å². The molecule has 2 atom stereocenters. The summed E-state index contributed by atoms with van der Waals surface area (Å²) in [5.41, 5.74) is 0. The van der Waals surface area contributed by atoms with E-state index in [2.05, 4.69) is 25.6 Å². The van der Waals surface area contributed by atoms with E-state index in [4.69, 9.17) is 9.47 Å². The van der Waals surface area contributed by atoms with Crippen LogP contribution < -0.4 is 15.4 Å². The van der Waals surface area contributed by atoms with Gasteiger partial charge in [0.1, 0.15) is 0 Å². The van der Waals surface area contributed by atoms with E-state index in [-0.39, 0.29) is 18.2 Å². The van der Waals surface area contributed by atoms with Gasteiger partial charge in [-0.2, -0.15) is 15.0 Å². The van der Waals surface area contributed by atoms with Crippen LogP contribution in [0, 0.1) is 0 Å². The lowest BCUT2D eigenvalue weighted by atomic mass is 10.2. The van der Waals surface area contributed by atoms with Gasteiger partial charge in [-0.05, 0) is 34.1 Å². The highest BCUT2D eigenvalue weighted by Crippen LogP contribution is 2.19. The van der Waals surface area contributed by atoms with Crippen LogP contribution in [-0.2, 0) is 4.74 Å². The molecule has 1 aromatic heterocycles. The fourth-order valence-corrected chi connectivity index (χ4v) is 2.01. The Morgan fingerprint density at radius 1 is 1.30 bits per heavy atom. The van der Waals surface area contributed by atoms with Gasteiger partial charge >= 0.3 is 6.01 Å². The summed E-state index contributed by atoms with van der Waals surface area (Å²) in [5, 5.41) is 6.38. The molecule has 20 heavy (non-hydrogen) atoms. The summed E-state index contributed by atoms with van der Waals surface area (Å²) >= 11 is 0. The predicted molar refractivity (Wildman–Crippen MR) is 77.2 cm³/mol. The Hall–Kier alpha value is -1.63. The van der Waals surface area contributed by atoms with Crippen molar-refractivity contribution in [2.45, 2.75) is 52.4 Å². The van der Waals surface area contributed by atoms with E-state index in [1.807, 2.05) is 27.7 Å². The summed E-state index contributed by atoms with van der Waals surface area (Å²) in [4.78, 5) is 12.9. The van der Waals surface area contributed by atoms with Crippen LogP contribution >= 0.6 is 0 Å². The molecule has 112 valence electrons. The van der Waals surface area contributed by atoms with Gasteiger partial charge in [-0.3, -0.25) is 0 Å². The van der Waals surface area contributed by atoms with Crippen molar-refractivity contribution >= 4 is 11.9 Å². The van der Waals surface area contributed by atoms with Crippen LogP contribution in [-0.4, -0.2) is 46.4 Å². The first-order valence-electron chi connectivity index (χ1n) is 7.13. The lowest BCUT2D eigenvalue weighted by Crippen LogP contribution is -2.28. The van der Waals surface area contributed by atoms with Gasteiger partial charge in [0.2, 0.25) is 11.9 Å². The SMILES string of the molecule is CCNc1nc(NC2CCOC2C)nc(OC(C)C)n1. The highest BCUT2D eigenvalue weighted by atomic mass is 16.5. The second kappa shape index (κ2) is 6.69. The van der Waals surface area contributed by atoms with Crippen LogP contribution in [0.25, 0.3) is 0 Å². The minimum atomic E-state index is 0.0217. The van der Waals surface area contributed by atoms with Crippen molar-refractivity contribution < 1.29 is 9.47 Å². The van der Waals surface area contributed by atoms with Crippen LogP contribution in [0.15, 0.2) is 0 Å². The molecule has 0 aromatic carbocycles. The number of hydrogen-bond donors (Lipinski definition) is 2. The Bertz CT molecular complexity index is 441. The van der Waals surface area contributed by atoms with Crippen LogP contribution in [0.3, 0.4) is 0 Å². The molecule has 7 heteroatoms. The molecule has 0 saturated carbocycles. The molecule has 2 N–H and O–H groups in total. The zero-order valence-electron chi connectivity index (χ0n) is 12.5. The summed E-state index contributed by atoms with van der Waals surface area (Å²) in [7, 11) is 0. The third-order valence-electron chi connectivity index (χ3n) is 2.98. The van der Waals surface area contributed by atoms with Gasteiger partial charge in [0.05, 0.1) is 18.2 Å². The van der Waals surface area contributed by atoms with Crippen LogP contribution in [0.1, 0.15) is 34.1 Å². The van der Waals surface area contributed by atoms with E-state index in [0.717, 1.165) is 19.6 Å². The van der Waals surface area contributed by atoms with Crippen molar-refractivity contribution in [3.8, 4) is 6.01 Å². The van der Waals surface area contributed by atoms with Gasteiger partial charge in [-0.15, -0.1) is 0 Å². The standard InChI is InChI=1S/C13H23N5O2/c1-5-14-11-16-12(15-10-6-7-19-9(10)4)18-13(17-11)20-8(2)3/h8-10H,5-7H2,1-4H3,(H2,14,15,16,17,18). The van der Waals surface area contributed by atoms with Gasteiger partial charge in [-0.1, -0.05) is 0 Å². The molecule has 0 radical (unpaired) electrons. The first-order chi connectivity index (χ1) is 9.58. The summed E-state index contributed by atoms with van der Waals surface area (Å²) in [6.45, 7) is 9.43. The average Bonchev–Trinajstić information content (AvgIpc) is 2.74. The third-order valence-corrected chi connectivity index (χ3v) is 2.98. The summed E-state index contributed by atoms with van der Waals surface area (Å²) in [6.07, 6.45) is 1.13. The number of rotatable bonds is 6. The molecule has 7 nitrogen and oxygen atoms in total. The molecular formula is C13H23N5O2. The molecule has 2 unspecified atom stereocenters. The molecule has 1 aromatic rings. The second-order valence-electron chi connectivity index (χ2n) is 5.08. The van der Waals surface area contributed by atoms with Crippen molar-refractivity contribution in [1.29, 1.82) is 0 Å². The Labute approximate surface area is 119 Å². The van der Waals surface area contributed by atoms with E-state index in [1.54, 1.807) is 0 Å². The number of nitrogens with one attached hydrogen (secondary N) is 2. The molecule has 0 aliphatic carbocycles. The number of nitrogens with zero attached hydrogens (tertiary/aromatic N) is 3. The number of ether oxygens (including phenoxy) is 2. The van der Waals surface area contributed by atoms with Crippen molar-refractivity contribution in [3.63, 3.8) is 0 Å². The summed E-state index contributed by atoms with van der Waals surface area (Å²) in [6, 6.07) is 0.554. The highest BCUT2D eigenvalue weighted by molar-refractivity contribution is 5.37. The van der Waals surface area contributed by atoms with E-state index in [1.165, 1.54) is 0 Å². The molecule has 1 saturated heterocycles. The summed E-state index contributed by atoms with van der Waals surface area (Å²) in [5.74, 6) is 1.04. The van der Waals surface area contributed by atoms with Gasteiger partial charge in [-0.25, -0.2) is 0 Å². The first-order valence-corrected chi connectivity index (χ1v) is 7.13. The Morgan fingerprint density at radius 3 is 2.65 bits per heavy atom. The maximum absolute atomic E-state index is 5.56. The normalized spacial score (nSPS) is 22.1. The maximum Gasteiger partial charge on any atom is 0.323 e. The Balaban J connectivity index is 2.15. The zero-order valence-corrected chi connectivity index (χ0v) is 12.5. The average molecular weight is 281 g/mol. The molecule has 2 rings (SSSR count). The van der Waals surface area contributed by atoms with Gasteiger partial charge in [0.15, 0.2) is 0 Å². The minimum Gasteiger partial charge on any atom is -0.461 e. The predicted octanol–water partition coefficient (Wildman–Crippen LogP) is 1.68. The Kier molecular flexibility index (Phi) is 4.94. The van der Waals surface area contributed by atoms with Gasteiger partial charge in [0, 0.05) is 13.2 Å². The van der Waals surface area contributed by atoms with Gasteiger partial charge < -0.3 is 20.1 Å². The lowest BCUT2D eigenvalue weighted by molar-refractivity contribution is 0.121. The Morgan fingerprint density at radius 2 is 2.05 bits per heavy atom. The molecule has 0 spiro atoms. The maximum atomic E-state index is 5.56. The number of anilines is 2. The molecule has 0 amide bonds. The largest absolute Gasteiger partial charge is 0.461 e. The highest BCUT2D eigenvalue weighted by Gasteiger charge is 2.25. The van der Waals surface area contributed by atoms with E-state index in [9.17, 15) is 0 Å². The van der Waals surface area contributed by atoms with Crippen molar-refractivity contribution in [2.75, 3.05) is 23.8 Å². The number of hydrogen-bond acceptors (Lipinski definition) is 7. The third kappa shape index (κ3) is 3.93.